The molecule has 108 valence electrons. The van der Waals surface area contributed by atoms with Gasteiger partial charge in [0.05, 0.1) is 0 Å². The number of hydrogen-bond donors (Lipinski definition) is 1. The molecule has 0 bridgehead atoms. The monoisotopic (exact) mass is 351 g/mol. The molecule has 1 unspecified atom stereocenters. The summed E-state index contributed by atoms with van der Waals surface area (Å²) in [5.74, 6) is 0. The highest BCUT2D eigenvalue weighted by atomic mass is 79.9. The molecule has 0 amide bonds. The molecule has 2 rings (SSSR count). The Morgan fingerprint density at radius 3 is 2.80 bits per heavy atom. The Morgan fingerprint density at radius 1 is 1.30 bits per heavy atom. The van der Waals surface area contributed by atoms with Gasteiger partial charge in [-0.1, -0.05) is 35.0 Å². The number of aryl methyl sites for hydroxylation is 2. The number of halogens is 1. The second-order valence-electron chi connectivity index (χ2n) is 5.19. The summed E-state index contributed by atoms with van der Waals surface area (Å²) in [6.45, 7) is 5.45. The summed E-state index contributed by atoms with van der Waals surface area (Å²) < 4.78 is 1.19. The van der Waals surface area contributed by atoms with Gasteiger partial charge >= 0.3 is 0 Å². The fourth-order valence-electron chi connectivity index (χ4n) is 2.34. The maximum absolute atomic E-state index is 3.68. The van der Waals surface area contributed by atoms with Gasteiger partial charge in [0.15, 0.2) is 0 Å². The number of hydrogen-bond acceptors (Lipinski definition) is 2. The molecule has 0 radical (unpaired) electrons. The fourth-order valence-corrected chi connectivity index (χ4v) is 3.29. The van der Waals surface area contributed by atoms with Gasteiger partial charge in [0, 0.05) is 10.5 Å². The summed E-state index contributed by atoms with van der Waals surface area (Å²) in [6, 6.07) is 9.37. The van der Waals surface area contributed by atoms with E-state index in [9.17, 15) is 0 Å². The predicted octanol–water partition coefficient (Wildman–Crippen LogP) is 5.49. The van der Waals surface area contributed by atoms with Crippen molar-refractivity contribution in [3.63, 3.8) is 0 Å². The minimum Gasteiger partial charge on any atom is -0.310 e. The molecular formula is C17H22BrNS. The Bertz CT molecular complexity index is 522. The third-order valence-corrected chi connectivity index (χ3v) is 5.15. The van der Waals surface area contributed by atoms with E-state index >= 15 is 0 Å². The van der Waals surface area contributed by atoms with Crippen molar-refractivity contribution in [3.8, 4) is 0 Å². The number of thiophene rings is 1. The van der Waals surface area contributed by atoms with Gasteiger partial charge in [0.25, 0.3) is 0 Å². The largest absolute Gasteiger partial charge is 0.310 e. The second-order valence-corrected chi connectivity index (χ2v) is 6.82. The summed E-state index contributed by atoms with van der Waals surface area (Å²) in [5.41, 5.74) is 4.16. The lowest BCUT2D eigenvalue weighted by Gasteiger charge is -2.19. The number of rotatable bonds is 7. The topological polar surface area (TPSA) is 12.0 Å². The third kappa shape index (κ3) is 4.44. The van der Waals surface area contributed by atoms with Crippen LogP contribution in [0.5, 0.6) is 0 Å². The molecule has 0 aliphatic carbocycles. The summed E-state index contributed by atoms with van der Waals surface area (Å²) >= 11 is 5.37. The average molecular weight is 352 g/mol. The van der Waals surface area contributed by atoms with E-state index in [0.717, 1.165) is 19.4 Å². The molecule has 0 spiro atoms. The second kappa shape index (κ2) is 7.96. The van der Waals surface area contributed by atoms with Crippen molar-refractivity contribution >= 4 is 27.3 Å². The van der Waals surface area contributed by atoms with Crippen LogP contribution in [-0.2, 0) is 6.42 Å². The van der Waals surface area contributed by atoms with Gasteiger partial charge < -0.3 is 5.32 Å². The highest BCUT2D eigenvalue weighted by Crippen LogP contribution is 2.25. The Morgan fingerprint density at radius 2 is 2.15 bits per heavy atom. The zero-order valence-corrected chi connectivity index (χ0v) is 14.6. The van der Waals surface area contributed by atoms with Gasteiger partial charge in [-0.3, -0.25) is 0 Å². The van der Waals surface area contributed by atoms with Crippen molar-refractivity contribution in [2.24, 2.45) is 0 Å². The van der Waals surface area contributed by atoms with Crippen molar-refractivity contribution in [1.29, 1.82) is 0 Å². The summed E-state index contributed by atoms with van der Waals surface area (Å²) in [5, 5.41) is 8.10. The minimum atomic E-state index is 0.446. The molecule has 0 aliphatic rings. The van der Waals surface area contributed by atoms with Gasteiger partial charge in [0.2, 0.25) is 0 Å². The molecule has 0 aliphatic heterocycles. The van der Waals surface area contributed by atoms with Crippen LogP contribution in [0, 0.1) is 6.92 Å². The molecule has 20 heavy (non-hydrogen) atoms. The van der Waals surface area contributed by atoms with E-state index in [0.29, 0.717) is 6.04 Å². The Hall–Kier alpha value is -0.640. The van der Waals surface area contributed by atoms with Gasteiger partial charge in [-0.2, -0.15) is 11.3 Å². The molecule has 1 N–H and O–H groups in total. The average Bonchev–Trinajstić information content (AvgIpc) is 2.95. The van der Waals surface area contributed by atoms with Crippen LogP contribution >= 0.6 is 27.3 Å². The third-order valence-electron chi connectivity index (χ3n) is 3.53. The zero-order valence-electron chi connectivity index (χ0n) is 12.2. The quantitative estimate of drug-likeness (QED) is 0.694. The van der Waals surface area contributed by atoms with Crippen LogP contribution in [-0.4, -0.2) is 6.54 Å². The summed E-state index contributed by atoms with van der Waals surface area (Å²) in [4.78, 5) is 0. The highest BCUT2D eigenvalue weighted by Gasteiger charge is 2.12. The summed E-state index contributed by atoms with van der Waals surface area (Å²) in [7, 11) is 0. The van der Waals surface area contributed by atoms with Gasteiger partial charge in [-0.15, -0.1) is 0 Å². The molecule has 1 nitrogen and oxygen atoms in total. The molecule has 2 aromatic rings. The van der Waals surface area contributed by atoms with E-state index in [-0.39, 0.29) is 0 Å². The molecule has 0 saturated heterocycles. The molecular weight excluding hydrogens is 330 g/mol. The first kappa shape index (κ1) is 15.7. The van der Waals surface area contributed by atoms with Crippen molar-refractivity contribution in [2.45, 2.75) is 39.2 Å². The first-order valence-electron chi connectivity index (χ1n) is 7.21. The van der Waals surface area contributed by atoms with E-state index in [1.54, 1.807) is 11.3 Å². The van der Waals surface area contributed by atoms with Crippen LogP contribution in [0.1, 0.15) is 42.5 Å². The highest BCUT2D eigenvalue weighted by molar-refractivity contribution is 9.10. The standard InChI is InChI=1S/C17H22BrNS/c1-3-9-19-17(7-4-14-8-10-20-12-14)15-5-6-16(18)13(2)11-15/h5-6,8,10-12,17,19H,3-4,7,9H2,1-2H3. The SMILES string of the molecule is CCCNC(CCc1ccsc1)c1ccc(Br)c(C)c1. The lowest BCUT2D eigenvalue weighted by Crippen LogP contribution is -2.22. The van der Waals surface area contributed by atoms with E-state index in [1.807, 2.05) is 0 Å². The Labute approximate surface area is 134 Å². The molecule has 3 heteroatoms. The molecule has 1 aromatic carbocycles. The zero-order chi connectivity index (χ0) is 14.4. The van der Waals surface area contributed by atoms with E-state index in [1.165, 1.54) is 27.6 Å². The molecule has 0 saturated carbocycles. The van der Waals surface area contributed by atoms with Gasteiger partial charge in [-0.05, 0) is 72.3 Å². The smallest absolute Gasteiger partial charge is 0.0323 e. The van der Waals surface area contributed by atoms with E-state index in [2.05, 4.69) is 70.1 Å². The van der Waals surface area contributed by atoms with E-state index in [4.69, 9.17) is 0 Å². The molecule has 1 aromatic heterocycles. The van der Waals surface area contributed by atoms with Crippen LogP contribution < -0.4 is 5.32 Å². The van der Waals surface area contributed by atoms with Crippen LogP contribution in [0.25, 0.3) is 0 Å². The Kier molecular flexibility index (Phi) is 6.27. The number of nitrogens with one attached hydrogen (secondary N) is 1. The maximum atomic E-state index is 3.68. The van der Waals surface area contributed by atoms with Crippen molar-refractivity contribution in [2.75, 3.05) is 6.54 Å². The van der Waals surface area contributed by atoms with Crippen molar-refractivity contribution in [3.05, 3.63) is 56.2 Å². The Balaban J connectivity index is 2.07. The van der Waals surface area contributed by atoms with Gasteiger partial charge in [0.1, 0.15) is 0 Å². The lowest BCUT2D eigenvalue weighted by molar-refractivity contribution is 0.499. The lowest BCUT2D eigenvalue weighted by atomic mass is 9.98. The number of benzene rings is 1. The first-order valence-corrected chi connectivity index (χ1v) is 8.94. The molecule has 0 fully saturated rings. The maximum Gasteiger partial charge on any atom is 0.0323 e. The first-order chi connectivity index (χ1) is 9.70. The van der Waals surface area contributed by atoms with Crippen molar-refractivity contribution in [1.82, 2.24) is 5.32 Å². The van der Waals surface area contributed by atoms with Crippen LogP contribution in [0.15, 0.2) is 39.5 Å². The summed E-state index contributed by atoms with van der Waals surface area (Å²) in [6.07, 6.45) is 3.46. The molecule has 1 heterocycles. The van der Waals surface area contributed by atoms with Crippen LogP contribution in [0.4, 0.5) is 0 Å². The minimum absolute atomic E-state index is 0.446. The normalized spacial score (nSPS) is 12.6. The predicted molar refractivity (Wildman–Crippen MR) is 92.6 cm³/mol. The molecule has 1 atom stereocenters. The van der Waals surface area contributed by atoms with Crippen LogP contribution in [0.2, 0.25) is 0 Å². The van der Waals surface area contributed by atoms with Crippen molar-refractivity contribution < 1.29 is 0 Å². The fraction of sp³-hybridized carbons (Fsp3) is 0.412. The van der Waals surface area contributed by atoms with E-state index < -0.39 is 0 Å². The van der Waals surface area contributed by atoms with Gasteiger partial charge in [-0.25, -0.2) is 0 Å². The van der Waals surface area contributed by atoms with Crippen LogP contribution in [0.3, 0.4) is 0 Å².